The maximum atomic E-state index is 13.4. The molecule has 1 heterocycles. The van der Waals surface area contributed by atoms with Crippen LogP contribution < -0.4 is 5.32 Å². The van der Waals surface area contributed by atoms with Gasteiger partial charge in [-0.05, 0) is 88.3 Å². The molecule has 0 unspecified atom stereocenters. The summed E-state index contributed by atoms with van der Waals surface area (Å²) >= 11 is 0. The molecule has 2 saturated carbocycles. The number of nitrogens with one attached hydrogen (secondary N) is 1. The molecule has 1 aromatic heterocycles. The van der Waals surface area contributed by atoms with E-state index < -0.39 is 0 Å². The lowest BCUT2D eigenvalue weighted by Gasteiger charge is -2.36. The lowest BCUT2D eigenvalue weighted by atomic mass is 9.71. The second kappa shape index (κ2) is 12.7. The van der Waals surface area contributed by atoms with Crippen molar-refractivity contribution in [3.8, 4) is 0 Å². The first-order chi connectivity index (χ1) is 19.3. The van der Waals surface area contributed by atoms with Gasteiger partial charge in [0.25, 0.3) is 0 Å². The first-order valence-corrected chi connectivity index (χ1v) is 15.2. The van der Waals surface area contributed by atoms with E-state index in [1.54, 1.807) is 0 Å². The summed E-state index contributed by atoms with van der Waals surface area (Å²) < 4.78 is 8.70. The molecule has 0 bridgehead atoms. The number of ether oxygens (including phenoxy) is 1. The summed E-state index contributed by atoms with van der Waals surface area (Å²) in [5, 5.41) is 12.8. The minimum atomic E-state index is -0.0649. The summed E-state index contributed by atoms with van der Waals surface area (Å²) in [5.41, 5.74) is 4.30. The molecule has 3 aromatic rings. The van der Waals surface area contributed by atoms with Crippen LogP contribution in [0.2, 0.25) is 0 Å². The van der Waals surface area contributed by atoms with Crippen LogP contribution in [-0.4, -0.2) is 26.8 Å². The Morgan fingerprint density at radius 2 is 1.80 bits per heavy atom. The molecular formula is C34H46N4O2. The number of aryl methyl sites for hydroxylation is 2. The van der Waals surface area contributed by atoms with Gasteiger partial charge in [0.1, 0.15) is 11.6 Å². The largest absolute Gasteiger partial charge is 0.374 e. The van der Waals surface area contributed by atoms with Crippen LogP contribution in [-0.2, 0) is 16.1 Å². The molecule has 1 amide bonds. The van der Waals surface area contributed by atoms with Crippen LogP contribution in [0.5, 0.6) is 0 Å². The summed E-state index contributed by atoms with van der Waals surface area (Å²) in [5.74, 6) is 4.08. The Kier molecular flexibility index (Phi) is 9.04. The third-order valence-corrected chi connectivity index (χ3v) is 8.51. The molecule has 2 aliphatic rings. The Morgan fingerprint density at radius 1 is 1.05 bits per heavy atom. The molecule has 2 aliphatic carbocycles. The van der Waals surface area contributed by atoms with Crippen LogP contribution in [0.15, 0.2) is 48.5 Å². The zero-order valence-electron chi connectivity index (χ0n) is 24.9. The Bertz CT molecular complexity index is 1270. The fourth-order valence-electron chi connectivity index (χ4n) is 6.33. The Balaban J connectivity index is 1.34. The molecule has 5 rings (SSSR count). The third kappa shape index (κ3) is 7.20. The average Bonchev–Trinajstić information content (AvgIpc) is 3.64. The summed E-state index contributed by atoms with van der Waals surface area (Å²) in [6, 6.07) is 16.9. The molecule has 2 atom stereocenters. The number of carbonyl (C=O) groups is 1. The molecule has 0 radical (unpaired) electrons. The van der Waals surface area contributed by atoms with E-state index in [1.165, 1.54) is 37.7 Å². The molecular weight excluding hydrogens is 496 g/mol. The molecule has 0 spiro atoms. The predicted molar refractivity (Wildman–Crippen MR) is 160 cm³/mol. The van der Waals surface area contributed by atoms with Gasteiger partial charge < -0.3 is 14.6 Å². The van der Waals surface area contributed by atoms with Gasteiger partial charge in [-0.1, -0.05) is 61.9 Å². The van der Waals surface area contributed by atoms with E-state index in [-0.39, 0.29) is 17.9 Å². The highest BCUT2D eigenvalue weighted by atomic mass is 16.5. The molecule has 2 fully saturated rings. The van der Waals surface area contributed by atoms with Gasteiger partial charge >= 0.3 is 0 Å². The second-order valence-corrected chi connectivity index (χ2v) is 12.8. The van der Waals surface area contributed by atoms with Crippen molar-refractivity contribution in [2.24, 2.45) is 11.8 Å². The summed E-state index contributed by atoms with van der Waals surface area (Å²) in [6.45, 7) is 11.4. The number of amides is 1. The minimum absolute atomic E-state index is 0.0137. The van der Waals surface area contributed by atoms with Crippen LogP contribution in [0.4, 0.5) is 5.69 Å². The highest BCUT2D eigenvalue weighted by Gasteiger charge is 2.40. The molecule has 214 valence electrons. The van der Waals surface area contributed by atoms with Crippen molar-refractivity contribution in [1.29, 1.82) is 0 Å². The molecule has 6 nitrogen and oxygen atoms in total. The smallest absolute Gasteiger partial charge is 0.225 e. The van der Waals surface area contributed by atoms with Crippen molar-refractivity contribution in [3.63, 3.8) is 0 Å². The Morgan fingerprint density at radius 3 is 2.48 bits per heavy atom. The zero-order valence-corrected chi connectivity index (χ0v) is 24.9. The molecule has 1 N–H and O–H groups in total. The monoisotopic (exact) mass is 542 g/mol. The summed E-state index contributed by atoms with van der Waals surface area (Å²) in [7, 11) is 0. The van der Waals surface area contributed by atoms with E-state index in [9.17, 15) is 4.79 Å². The topological polar surface area (TPSA) is 69.0 Å². The molecule has 40 heavy (non-hydrogen) atoms. The summed E-state index contributed by atoms with van der Waals surface area (Å²) in [4.78, 5) is 13.4. The summed E-state index contributed by atoms with van der Waals surface area (Å²) in [6.07, 6.45) is 7.10. The number of benzene rings is 2. The van der Waals surface area contributed by atoms with Crippen molar-refractivity contribution in [2.75, 3.05) is 5.32 Å². The van der Waals surface area contributed by atoms with Crippen molar-refractivity contribution in [3.05, 3.63) is 76.9 Å². The van der Waals surface area contributed by atoms with Crippen molar-refractivity contribution in [1.82, 2.24) is 14.8 Å². The van der Waals surface area contributed by atoms with Gasteiger partial charge in [-0.25, -0.2) is 0 Å². The first-order valence-electron chi connectivity index (χ1n) is 15.2. The van der Waals surface area contributed by atoms with Crippen molar-refractivity contribution >= 4 is 11.6 Å². The Hall–Kier alpha value is -2.99. The Labute approximate surface area is 239 Å². The molecule has 6 heteroatoms. The second-order valence-electron chi connectivity index (χ2n) is 12.8. The van der Waals surface area contributed by atoms with Crippen LogP contribution in [0.25, 0.3) is 0 Å². The first kappa shape index (κ1) is 28.5. The highest BCUT2D eigenvalue weighted by Crippen LogP contribution is 2.48. The van der Waals surface area contributed by atoms with Crippen LogP contribution >= 0.6 is 0 Å². The number of rotatable bonds is 13. The SMILES string of the molecule is Cc1ccc(NC(=O)C[C@H](C[C@H](C)OCc2ccccc2)c2nnc(C3CC(CC(C)C)C3)n2C2CC2)c(C)c1. The molecule has 0 saturated heterocycles. The normalized spacial score (nSPS) is 20.2. The lowest BCUT2D eigenvalue weighted by Crippen LogP contribution is -2.27. The van der Waals surface area contributed by atoms with Gasteiger partial charge in [-0.3, -0.25) is 4.79 Å². The fourth-order valence-corrected chi connectivity index (χ4v) is 6.33. The minimum Gasteiger partial charge on any atom is -0.374 e. The van der Waals surface area contributed by atoms with E-state index in [2.05, 4.69) is 55.8 Å². The number of carbonyl (C=O) groups excluding carboxylic acids is 1. The predicted octanol–water partition coefficient (Wildman–Crippen LogP) is 7.88. The van der Waals surface area contributed by atoms with Gasteiger partial charge in [0.05, 0.1) is 12.7 Å². The standard InChI is InChI=1S/C34H46N4O2/c1-22(2)15-27-18-29(19-27)34-37-36-33(38(34)30-12-13-30)28(17-25(5)40-21-26-9-7-6-8-10-26)20-32(39)35-31-14-11-23(3)16-24(31)4/h6-11,14,16,22,25,27-30H,12-13,15,17-21H2,1-5H3,(H,35,39)/t25-,27?,28-,29?/m0/s1. The molecule has 0 aliphatic heterocycles. The van der Waals surface area contributed by atoms with E-state index in [1.807, 2.05) is 37.3 Å². The van der Waals surface area contributed by atoms with Crippen molar-refractivity contribution < 1.29 is 9.53 Å². The average molecular weight is 543 g/mol. The third-order valence-electron chi connectivity index (χ3n) is 8.51. The van der Waals surface area contributed by atoms with Gasteiger partial charge in [-0.2, -0.15) is 0 Å². The number of anilines is 1. The van der Waals surface area contributed by atoms with Crippen molar-refractivity contribution in [2.45, 2.75) is 110 Å². The maximum absolute atomic E-state index is 13.4. The van der Waals surface area contributed by atoms with E-state index >= 15 is 0 Å². The van der Waals surface area contributed by atoms with E-state index in [0.29, 0.717) is 25.0 Å². The highest BCUT2D eigenvalue weighted by molar-refractivity contribution is 5.92. The molecule has 2 aromatic carbocycles. The van der Waals surface area contributed by atoms with E-state index in [0.717, 1.165) is 46.7 Å². The number of aromatic nitrogens is 3. The number of nitrogens with zero attached hydrogens (tertiary/aromatic N) is 3. The van der Waals surface area contributed by atoms with Gasteiger partial charge in [-0.15, -0.1) is 10.2 Å². The number of hydrogen-bond donors (Lipinski definition) is 1. The van der Waals surface area contributed by atoms with Crippen LogP contribution in [0, 0.1) is 25.7 Å². The lowest BCUT2D eigenvalue weighted by molar-refractivity contribution is -0.116. The number of hydrogen-bond acceptors (Lipinski definition) is 4. The van der Waals surface area contributed by atoms with Gasteiger partial charge in [0, 0.05) is 30.0 Å². The van der Waals surface area contributed by atoms with Gasteiger partial charge in [0.2, 0.25) is 5.91 Å². The quantitative estimate of drug-likeness (QED) is 0.239. The zero-order chi connectivity index (χ0) is 28.2. The van der Waals surface area contributed by atoms with E-state index in [4.69, 9.17) is 14.9 Å². The van der Waals surface area contributed by atoms with Crippen LogP contribution in [0.3, 0.4) is 0 Å². The van der Waals surface area contributed by atoms with Crippen LogP contribution in [0.1, 0.15) is 112 Å². The fraction of sp³-hybridized carbons (Fsp3) is 0.559. The maximum Gasteiger partial charge on any atom is 0.225 e. The van der Waals surface area contributed by atoms with Gasteiger partial charge in [0.15, 0.2) is 0 Å².